The summed E-state index contributed by atoms with van der Waals surface area (Å²) in [5.74, 6) is 1.01. The first-order valence-corrected chi connectivity index (χ1v) is 5.68. The van der Waals surface area contributed by atoms with Gasteiger partial charge in [-0.3, -0.25) is 0 Å². The molecule has 1 aliphatic rings. The third-order valence-corrected chi connectivity index (χ3v) is 3.38. The van der Waals surface area contributed by atoms with Gasteiger partial charge >= 0.3 is 0 Å². The van der Waals surface area contributed by atoms with E-state index in [4.69, 9.17) is 10.5 Å². The van der Waals surface area contributed by atoms with Crippen molar-refractivity contribution < 1.29 is 4.74 Å². The van der Waals surface area contributed by atoms with Crippen LogP contribution in [0.1, 0.15) is 32.3 Å². The average molecular weight is 205 g/mol. The van der Waals surface area contributed by atoms with Crippen LogP contribution < -0.4 is 10.5 Å². The van der Waals surface area contributed by atoms with Crippen LogP contribution in [0, 0.1) is 0 Å². The number of benzene rings is 1. The van der Waals surface area contributed by atoms with Gasteiger partial charge in [0.15, 0.2) is 0 Å². The van der Waals surface area contributed by atoms with Gasteiger partial charge in [0.05, 0.1) is 6.61 Å². The van der Waals surface area contributed by atoms with E-state index >= 15 is 0 Å². The summed E-state index contributed by atoms with van der Waals surface area (Å²) < 4.78 is 5.66. The summed E-state index contributed by atoms with van der Waals surface area (Å²) in [5.41, 5.74) is 7.55. The summed E-state index contributed by atoms with van der Waals surface area (Å²) in [5, 5.41) is 0. The molecule has 2 nitrogen and oxygen atoms in total. The van der Waals surface area contributed by atoms with E-state index in [2.05, 4.69) is 19.1 Å². The molecule has 82 valence electrons. The standard InChI is InChI=1S/C13H19NO/c1-3-15-12-7-5-4-6-11(12)13(8-9-13)10(2)14/h4-7,10H,3,8-9,14H2,1-2H3. The Morgan fingerprint density at radius 3 is 2.60 bits per heavy atom. The van der Waals surface area contributed by atoms with E-state index < -0.39 is 0 Å². The Morgan fingerprint density at radius 1 is 1.40 bits per heavy atom. The molecular formula is C13H19NO. The Kier molecular flexibility index (Phi) is 2.70. The van der Waals surface area contributed by atoms with Crippen LogP contribution in [-0.2, 0) is 5.41 Å². The van der Waals surface area contributed by atoms with Gasteiger partial charge in [-0.2, -0.15) is 0 Å². The molecule has 0 heterocycles. The van der Waals surface area contributed by atoms with Crippen molar-refractivity contribution in [2.75, 3.05) is 6.61 Å². The molecule has 1 aromatic carbocycles. The third kappa shape index (κ3) is 1.74. The second kappa shape index (κ2) is 3.86. The Balaban J connectivity index is 2.35. The first kappa shape index (κ1) is 10.5. The van der Waals surface area contributed by atoms with Gasteiger partial charge in [-0.05, 0) is 32.8 Å². The fourth-order valence-corrected chi connectivity index (χ4v) is 2.26. The summed E-state index contributed by atoms with van der Waals surface area (Å²) in [6.45, 7) is 4.82. The van der Waals surface area contributed by atoms with Crippen molar-refractivity contribution in [2.45, 2.75) is 38.1 Å². The summed E-state index contributed by atoms with van der Waals surface area (Å²) in [6.07, 6.45) is 2.38. The molecule has 0 saturated heterocycles. The maximum Gasteiger partial charge on any atom is 0.123 e. The molecule has 2 heteroatoms. The van der Waals surface area contributed by atoms with Crippen LogP contribution in [0.2, 0.25) is 0 Å². The van der Waals surface area contributed by atoms with Gasteiger partial charge in [0.25, 0.3) is 0 Å². The van der Waals surface area contributed by atoms with Crippen LogP contribution in [0.3, 0.4) is 0 Å². The van der Waals surface area contributed by atoms with Crippen molar-refractivity contribution in [1.82, 2.24) is 0 Å². The number of hydrogen-bond donors (Lipinski definition) is 1. The summed E-state index contributed by atoms with van der Waals surface area (Å²) in [4.78, 5) is 0. The smallest absolute Gasteiger partial charge is 0.123 e. The number of para-hydroxylation sites is 1. The molecule has 0 spiro atoms. The first-order valence-electron chi connectivity index (χ1n) is 5.68. The van der Waals surface area contributed by atoms with Crippen molar-refractivity contribution in [3.05, 3.63) is 29.8 Å². The zero-order valence-electron chi connectivity index (χ0n) is 9.49. The molecule has 0 aromatic heterocycles. The van der Waals surface area contributed by atoms with Crippen LogP contribution in [0.25, 0.3) is 0 Å². The van der Waals surface area contributed by atoms with E-state index in [-0.39, 0.29) is 11.5 Å². The average Bonchev–Trinajstić information content (AvgIpc) is 3.00. The fourth-order valence-electron chi connectivity index (χ4n) is 2.26. The molecule has 1 saturated carbocycles. The largest absolute Gasteiger partial charge is 0.494 e. The van der Waals surface area contributed by atoms with Crippen LogP contribution in [-0.4, -0.2) is 12.6 Å². The predicted molar refractivity (Wildman–Crippen MR) is 62.2 cm³/mol. The summed E-state index contributed by atoms with van der Waals surface area (Å²) >= 11 is 0. The Bertz CT molecular complexity index is 342. The Labute approximate surface area is 91.4 Å². The van der Waals surface area contributed by atoms with Gasteiger partial charge in [0.2, 0.25) is 0 Å². The van der Waals surface area contributed by atoms with E-state index in [0.717, 1.165) is 5.75 Å². The van der Waals surface area contributed by atoms with E-state index in [0.29, 0.717) is 6.61 Å². The second-order valence-corrected chi connectivity index (χ2v) is 4.37. The highest BCUT2D eigenvalue weighted by Gasteiger charge is 2.48. The van der Waals surface area contributed by atoms with Crippen LogP contribution >= 0.6 is 0 Å². The Hall–Kier alpha value is -1.02. The topological polar surface area (TPSA) is 35.2 Å². The quantitative estimate of drug-likeness (QED) is 0.819. The molecule has 0 amide bonds. The zero-order valence-corrected chi connectivity index (χ0v) is 9.49. The molecular weight excluding hydrogens is 186 g/mol. The molecule has 1 unspecified atom stereocenters. The number of hydrogen-bond acceptors (Lipinski definition) is 2. The van der Waals surface area contributed by atoms with Crippen molar-refractivity contribution in [3.8, 4) is 5.75 Å². The predicted octanol–water partition coefficient (Wildman–Crippen LogP) is 2.46. The highest BCUT2D eigenvalue weighted by Crippen LogP contribution is 2.53. The van der Waals surface area contributed by atoms with E-state index in [1.807, 2.05) is 19.1 Å². The number of nitrogens with two attached hydrogens (primary N) is 1. The highest BCUT2D eigenvalue weighted by atomic mass is 16.5. The lowest BCUT2D eigenvalue weighted by Gasteiger charge is -2.22. The number of ether oxygens (including phenoxy) is 1. The maximum atomic E-state index is 6.07. The summed E-state index contributed by atoms with van der Waals surface area (Å²) in [7, 11) is 0. The monoisotopic (exact) mass is 205 g/mol. The van der Waals surface area contributed by atoms with Crippen LogP contribution in [0.5, 0.6) is 5.75 Å². The van der Waals surface area contributed by atoms with E-state index in [9.17, 15) is 0 Å². The molecule has 15 heavy (non-hydrogen) atoms. The molecule has 0 bridgehead atoms. The van der Waals surface area contributed by atoms with Gasteiger partial charge < -0.3 is 10.5 Å². The fraction of sp³-hybridized carbons (Fsp3) is 0.538. The van der Waals surface area contributed by atoms with Crippen LogP contribution in [0.4, 0.5) is 0 Å². The lowest BCUT2D eigenvalue weighted by atomic mass is 9.89. The van der Waals surface area contributed by atoms with Gasteiger partial charge in [-0.1, -0.05) is 18.2 Å². The Morgan fingerprint density at radius 2 is 2.07 bits per heavy atom. The van der Waals surface area contributed by atoms with Crippen molar-refractivity contribution in [2.24, 2.45) is 5.73 Å². The lowest BCUT2D eigenvalue weighted by Crippen LogP contribution is -2.31. The molecule has 1 atom stereocenters. The minimum Gasteiger partial charge on any atom is -0.494 e. The molecule has 1 aliphatic carbocycles. The van der Waals surface area contributed by atoms with Gasteiger partial charge in [0.1, 0.15) is 5.75 Å². The second-order valence-electron chi connectivity index (χ2n) is 4.37. The molecule has 1 aromatic rings. The number of rotatable bonds is 4. The van der Waals surface area contributed by atoms with Crippen molar-refractivity contribution >= 4 is 0 Å². The SMILES string of the molecule is CCOc1ccccc1C1(C(C)N)CC1. The zero-order chi connectivity index (χ0) is 10.9. The highest BCUT2D eigenvalue weighted by molar-refractivity contribution is 5.44. The molecule has 2 N–H and O–H groups in total. The molecule has 2 rings (SSSR count). The van der Waals surface area contributed by atoms with E-state index in [1.165, 1.54) is 18.4 Å². The third-order valence-electron chi connectivity index (χ3n) is 3.38. The molecule has 0 radical (unpaired) electrons. The summed E-state index contributed by atoms with van der Waals surface area (Å²) in [6, 6.07) is 8.49. The first-order chi connectivity index (χ1) is 7.20. The van der Waals surface area contributed by atoms with Gasteiger partial charge in [-0.25, -0.2) is 0 Å². The minimum atomic E-state index is 0.186. The van der Waals surface area contributed by atoms with Crippen molar-refractivity contribution in [3.63, 3.8) is 0 Å². The normalized spacial score (nSPS) is 19.7. The van der Waals surface area contributed by atoms with Gasteiger partial charge in [0, 0.05) is 17.0 Å². The van der Waals surface area contributed by atoms with Crippen molar-refractivity contribution in [1.29, 1.82) is 0 Å². The van der Waals surface area contributed by atoms with E-state index in [1.54, 1.807) is 0 Å². The maximum absolute atomic E-state index is 6.07. The molecule has 0 aliphatic heterocycles. The minimum absolute atomic E-state index is 0.186. The lowest BCUT2D eigenvalue weighted by molar-refractivity contribution is 0.330. The van der Waals surface area contributed by atoms with Crippen LogP contribution in [0.15, 0.2) is 24.3 Å². The molecule has 1 fully saturated rings. The van der Waals surface area contributed by atoms with Gasteiger partial charge in [-0.15, -0.1) is 0 Å².